The molecule has 0 saturated carbocycles. The molecule has 2 atom stereocenters. The summed E-state index contributed by atoms with van der Waals surface area (Å²) >= 11 is 0. The van der Waals surface area contributed by atoms with E-state index in [0.717, 1.165) is 11.4 Å². The van der Waals surface area contributed by atoms with Crippen molar-refractivity contribution in [3.63, 3.8) is 0 Å². The maximum atomic E-state index is 13.9. The maximum Gasteiger partial charge on any atom is 0.227 e. The SMILES string of the molecule is Cc1ccc(C)n1-c1ccc2c(c1)C(F)C(F)N=C2F. The average molecular weight is 278 g/mol. The van der Waals surface area contributed by atoms with Crippen LogP contribution in [0.2, 0.25) is 0 Å². The number of alkyl halides is 2. The Hall–Kier alpha value is -2.04. The number of aliphatic imine (C=N–C) groups is 1. The molecule has 2 unspecified atom stereocenters. The largest absolute Gasteiger partial charge is 0.319 e. The van der Waals surface area contributed by atoms with E-state index in [1.807, 2.05) is 30.5 Å². The predicted octanol–water partition coefficient (Wildman–Crippen LogP) is 4.13. The molecule has 0 N–H and O–H groups in total. The van der Waals surface area contributed by atoms with Gasteiger partial charge in [-0.05, 0) is 44.2 Å². The zero-order valence-corrected chi connectivity index (χ0v) is 11.1. The van der Waals surface area contributed by atoms with Gasteiger partial charge in [0.25, 0.3) is 0 Å². The Morgan fingerprint density at radius 2 is 1.70 bits per heavy atom. The van der Waals surface area contributed by atoms with Crippen LogP contribution in [0.5, 0.6) is 0 Å². The summed E-state index contributed by atoms with van der Waals surface area (Å²) in [7, 11) is 0. The van der Waals surface area contributed by atoms with E-state index in [4.69, 9.17) is 0 Å². The summed E-state index contributed by atoms with van der Waals surface area (Å²) in [5, 5.41) is 0. The van der Waals surface area contributed by atoms with Crippen molar-refractivity contribution in [3.05, 3.63) is 52.8 Å². The van der Waals surface area contributed by atoms with Gasteiger partial charge < -0.3 is 4.57 Å². The number of hydrogen-bond donors (Lipinski definition) is 0. The van der Waals surface area contributed by atoms with Crippen LogP contribution < -0.4 is 0 Å². The van der Waals surface area contributed by atoms with E-state index in [1.165, 1.54) is 12.1 Å². The molecule has 0 amide bonds. The zero-order chi connectivity index (χ0) is 14.4. The van der Waals surface area contributed by atoms with Crippen LogP contribution in [0.15, 0.2) is 35.3 Å². The van der Waals surface area contributed by atoms with Gasteiger partial charge in [-0.2, -0.15) is 4.39 Å². The molecule has 0 fully saturated rings. The number of aryl methyl sites for hydroxylation is 2. The Balaban J connectivity index is 2.17. The quantitative estimate of drug-likeness (QED) is 0.698. The van der Waals surface area contributed by atoms with Crippen molar-refractivity contribution in [1.29, 1.82) is 0 Å². The summed E-state index contributed by atoms with van der Waals surface area (Å²) in [6.45, 7) is 3.83. The van der Waals surface area contributed by atoms with E-state index in [-0.39, 0.29) is 11.1 Å². The molecule has 20 heavy (non-hydrogen) atoms. The highest BCUT2D eigenvalue weighted by Gasteiger charge is 2.31. The van der Waals surface area contributed by atoms with E-state index >= 15 is 0 Å². The highest BCUT2D eigenvalue weighted by Crippen LogP contribution is 2.34. The van der Waals surface area contributed by atoms with Crippen molar-refractivity contribution in [2.75, 3.05) is 0 Å². The number of halogens is 3. The van der Waals surface area contributed by atoms with E-state index in [0.29, 0.717) is 5.69 Å². The lowest BCUT2D eigenvalue weighted by molar-refractivity contribution is 0.171. The van der Waals surface area contributed by atoms with Crippen LogP contribution in [0, 0.1) is 13.8 Å². The molecule has 0 bridgehead atoms. The van der Waals surface area contributed by atoms with Crippen molar-refractivity contribution in [2.24, 2.45) is 4.99 Å². The van der Waals surface area contributed by atoms with Gasteiger partial charge in [0, 0.05) is 28.2 Å². The van der Waals surface area contributed by atoms with E-state index < -0.39 is 18.4 Å². The second-order valence-corrected chi connectivity index (χ2v) is 4.92. The number of nitrogens with zero attached hydrogens (tertiary/aromatic N) is 2. The van der Waals surface area contributed by atoms with Crippen molar-refractivity contribution in [2.45, 2.75) is 26.3 Å². The zero-order valence-electron chi connectivity index (χ0n) is 11.1. The molecule has 0 aliphatic carbocycles. The van der Waals surface area contributed by atoms with Gasteiger partial charge in [0.15, 0.2) is 6.17 Å². The molecule has 104 valence electrons. The lowest BCUT2D eigenvalue weighted by Crippen LogP contribution is -2.19. The molecule has 1 aliphatic heterocycles. The number of benzene rings is 1. The smallest absolute Gasteiger partial charge is 0.227 e. The molecular formula is C15H13F3N2. The molecule has 1 aromatic heterocycles. The molecule has 5 heteroatoms. The normalized spacial score (nSPS) is 21.6. The summed E-state index contributed by atoms with van der Waals surface area (Å²) in [5.74, 6) is -0.950. The molecule has 2 nitrogen and oxygen atoms in total. The average Bonchev–Trinajstić information content (AvgIpc) is 2.75. The van der Waals surface area contributed by atoms with Gasteiger partial charge in [0.1, 0.15) is 0 Å². The number of fused-ring (bicyclic) bond motifs is 1. The van der Waals surface area contributed by atoms with Crippen LogP contribution >= 0.6 is 0 Å². The van der Waals surface area contributed by atoms with Crippen molar-refractivity contribution < 1.29 is 13.2 Å². The third kappa shape index (κ3) is 1.85. The summed E-state index contributed by atoms with van der Waals surface area (Å²) < 4.78 is 42.7. The van der Waals surface area contributed by atoms with Crippen LogP contribution in [0.4, 0.5) is 13.2 Å². The first-order chi connectivity index (χ1) is 9.49. The van der Waals surface area contributed by atoms with Crippen LogP contribution in [0.3, 0.4) is 0 Å². The number of aromatic nitrogens is 1. The molecule has 3 rings (SSSR count). The second kappa shape index (κ2) is 4.51. The van der Waals surface area contributed by atoms with Crippen LogP contribution in [0.1, 0.15) is 28.7 Å². The van der Waals surface area contributed by atoms with Gasteiger partial charge in [-0.15, -0.1) is 0 Å². The Labute approximate surface area is 114 Å². The van der Waals surface area contributed by atoms with E-state index in [2.05, 4.69) is 4.99 Å². The van der Waals surface area contributed by atoms with Gasteiger partial charge in [0.2, 0.25) is 12.3 Å². The van der Waals surface area contributed by atoms with Crippen LogP contribution in [-0.4, -0.2) is 16.8 Å². The Kier molecular flexibility index (Phi) is 2.92. The van der Waals surface area contributed by atoms with Crippen molar-refractivity contribution in [3.8, 4) is 5.69 Å². The van der Waals surface area contributed by atoms with Crippen LogP contribution in [0.25, 0.3) is 5.69 Å². The first kappa shape index (κ1) is 13.0. The molecule has 0 spiro atoms. The fraction of sp³-hybridized carbons (Fsp3) is 0.267. The minimum Gasteiger partial charge on any atom is -0.319 e. The maximum absolute atomic E-state index is 13.9. The van der Waals surface area contributed by atoms with Gasteiger partial charge in [-0.1, -0.05) is 0 Å². The second-order valence-electron chi connectivity index (χ2n) is 4.92. The summed E-state index contributed by atoms with van der Waals surface area (Å²) in [6, 6.07) is 8.48. The highest BCUT2D eigenvalue weighted by molar-refractivity contribution is 5.96. The summed E-state index contributed by atoms with van der Waals surface area (Å²) in [6.07, 6.45) is -4.11. The van der Waals surface area contributed by atoms with Gasteiger partial charge in [-0.3, -0.25) is 0 Å². The van der Waals surface area contributed by atoms with E-state index in [1.54, 1.807) is 6.07 Å². The standard InChI is InChI=1S/C15H13F3N2/c1-8-3-4-9(2)20(8)10-5-6-11-12(7-10)13(16)15(18)19-14(11)17/h3-7,13,15H,1-2H3. The molecule has 0 saturated heterocycles. The molecule has 1 aromatic carbocycles. The molecule has 2 heterocycles. The van der Waals surface area contributed by atoms with Crippen molar-refractivity contribution >= 4 is 5.97 Å². The predicted molar refractivity (Wildman–Crippen MR) is 71.6 cm³/mol. The first-order valence-electron chi connectivity index (χ1n) is 6.30. The minimum absolute atomic E-state index is 0.00926. The van der Waals surface area contributed by atoms with Gasteiger partial charge >= 0.3 is 0 Å². The first-order valence-corrected chi connectivity index (χ1v) is 6.30. The molecule has 0 radical (unpaired) electrons. The number of rotatable bonds is 1. The van der Waals surface area contributed by atoms with Gasteiger partial charge in [0.05, 0.1) is 0 Å². The van der Waals surface area contributed by atoms with E-state index in [9.17, 15) is 13.2 Å². The third-order valence-corrected chi connectivity index (χ3v) is 3.56. The summed E-state index contributed by atoms with van der Waals surface area (Å²) in [5.41, 5.74) is 2.67. The number of hydrogen-bond acceptors (Lipinski definition) is 1. The Morgan fingerprint density at radius 3 is 2.35 bits per heavy atom. The third-order valence-electron chi connectivity index (χ3n) is 3.56. The Morgan fingerprint density at radius 1 is 1.05 bits per heavy atom. The lowest BCUT2D eigenvalue weighted by atomic mass is 9.99. The molecular weight excluding hydrogens is 265 g/mol. The molecule has 1 aliphatic rings. The fourth-order valence-electron chi connectivity index (χ4n) is 2.57. The lowest BCUT2D eigenvalue weighted by Gasteiger charge is -2.20. The van der Waals surface area contributed by atoms with Crippen molar-refractivity contribution in [1.82, 2.24) is 4.57 Å². The molecule has 2 aromatic rings. The monoisotopic (exact) mass is 278 g/mol. The topological polar surface area (TPSA) is 17.3 Å². The highest BCUT2D eigenvalue weighted by atomic mass is 19.2. The van der Waals surface area contributed by atoms with Gasteiger partial charge in [-0.25, -0.2) is 13.8 Å². The Bertz CT molecular complexity index is 684. The minimum atomic E-state index is -2.18. The fourth-order valence-corrected chi connectivity index (χ4v) is 2.57. The summed E-state index contributed by atoms with van der Waals surface area (Å²) in [4.78, 5) is 3.03. The van der Waals surface area contributed by atoms with Crippen LogP contribution in [-0.2, 0) is 0 Å².